The lowest BCUT2D eigenvalue weighted by Gasteiger charge is -2.26. The van der Waals surface area contributed by atoms with Crippen LogP contribution in [0.3, 0.4) is 0 Å². The molecule has 0 aliphatic carbocycles. The molecule has 1 atom stereocenters. The van der Waals surface area contributed by atoms with E-state index in [0.717, 1.165) is 11.8 Å². The van der Waals surface area contributed by atoms with E-state index in [0.29, 0.717) is 0 Å². The van der Waals surface area contributed by atoms with Gasteiger partial charge in [-0.2, -0.15) is 0 Å². The van der Waals surface area contributed by atoms with E-state index in [-0.39, 0.29) is 0 Å². The number of rotatable bonds is 5. The Hall–Kier alpha value is -0.0800. The van der Waals surface area contributed by atoms with Gasteiger partial charge in [-0.15, -0.1) is 0 Å². The highest BCUT2D eigenvalue weighted by atomic mass is 15.1. The highest BCUT2D eigenvalue weighted by molar-refractivity contribution is 4.70. The summed E-state index contributed by atoms with van der Waals surface area (Å²) in [6, 6.07) is 0. The zero-order valence-corrected chi connectivity index (χ0v) is 10.1. The number of nitrogens with one attached hydrogen (secondary N) is 1. The first kappa shape index (κ1) is 12.0. The summed E-state index contributed by atoms with van der Waals surface area (Å²) in [5.74, 6) is 1.72. The lowest BCUT2D eigenvalue weighted by Crippen LogP contribution is -2.33. The van der Waals surface area contributed by atoms with E-state index in [1.165, 1.54) is 45.4 Å². The molecular formula is C12H26N2. The van der Waals surface area contributed by atoms with Gasteiger partial charge in [0.05, 0.1) is 0 Å². The second-order valence-corrected chi connectivity index (χ2v) is 5.16. The molecule has 14 heavy (non-hydrogen) atoms. The molecule has 1 heterocycles. The lowest BCUT2D eigenvalue weighted by atomic mass is 9.96. The van der Waals surface area contributed by atoms with Crippen LogP contribution >= 0.6 is 0 Å². The molecule has 1 aliphatic heterocycles. The SMILES string of the molecule is CC(C)CN(C)CCC1CCCNC1. The normalized spacial score (nSPS) is 23.4. The van der Waals surface area contributed by atoms with Crippen molar-refractivity contribution in [3.05, 3.63) is 0 Å². The number of hydrogen-bond acceptors (Lipinski definition) is 2. The molecule has 1 saturated heterocycles. The maximum Gasteiger partial charge on any atom is 0.000133 e. The summed E-state index contributed by atoms with van der Waals surface area (Å²) in [6.07, 6.45) is 4.18. The molecule has 0 radical (unpaired) electrons. The maximum absolute atomic E-state index is 3.48. The van der Waals surface area contributed by atoms with Crippen LogP contribution in [-0.2, 0) is 0 Å². The first-order valence-corrected chi connectivity index (χ1v) is 6.07. The molecule has 1 rings (SSSR count). The summed E-state index contributed by atoms with van der Waals surface area (Å²) in [6.45, 7) is 9.57. The molecular weight excluding hydrogens is 172 g/mol. The topological polar surface area (TPSA) is 15.3 Å². The van der Waals surface area contributed by atoms with Crippen molar-refractivity contribution >= 4 is 0 Å². The van der Waals surface area contributed by atoms with Gasteiger partial charge in [-0.25, -0.2) is 0 Å². The van der Waals surface area contributed by atoms with Gasteiger partial charge in [0.25, 0.3) is 0 Å². The van der Waals surface area contributed by atoms with Gasteiger partial charge in [0, 0.05) is 6.54 Å². The van der Waals surface area contributed by atoms with Crippen LogP contribution in [-0.4, -0.2) is 38.1 Å². The summed E-state index contributed by atoms with van der Waals surface area (Å²) < 4.78 is 0. The van der Waals surface area contributed by atoms with Crippen molar-refractivity contribution in [2.24, 2.45) is 11.8 Å². The Bertz CT molecular complexity index is 139. The molecule has 0 bridgehead atoms. The smallest absolute Gasteiger partial charge is 0.000133 e. The summed E-state index contributed by atoms with van der Waals surface area (Å²) in [7, 11) is 2.25. The number of nitrogens with zero attached hydrogens (tertiary/aromatic N) is 1. The summed E-state index contributed by atoms with van der Waals surface area (Å²) >= 11 is 0. The predicted molar refractivity (Wildman–Crippen MR) is 62.5 cm³/mol. The van der Waals surface area contributed by atoms with Gasteiger partial charge in [-0.1, -0.05) is 13.8 Å². The van der Waals surface area contributed by atoms with Crippen molar-refractivity contribution in [2.45, 2.75) is 33.1 Å². The van der Waals surface area contributed by atoms with E-state index in [4.69, 9.17) is 0 Å². The van der Waals surface area contributed by atoms with Gasteiger partial charge in [0.2, 0.25) is 0 Å². The van der Waals surface area contributed by atoms with Crippen LogP contribution in [0.1, 0.15) is 33.1 Å². The van der Waals surface area contributed by atoms with E-state index in [9.17, 15) is 0 Å². The maximum atomic E-state index is 3.48. The Morgan fingerprint density at radius 2 is 2.21 bits per heavy atom. The Balaban J connectivity index is 2.06. The van der Waals surface area contributed by atoms with E-state index in [1.807, 2.05) is 0 Å². The van der Waals surface area contributed by atoms with E-state index in [2.05, 4.69) is 31.1 Å². The lowest BCUT2D eigenvalue weighted by molar-refractivity contribution is 0.253. The van der Waals surface area contributed by atoms with Crippen LogP contribution in [0.4, 0.5) is 0 Å². The number of hydrogen-bond donors (Lipinski definition) is 1. The molecule has 0 amide bonds. The molecule has 0 aromatic carbocycles. The highest BCUT2D eigenvalue weighted by Crippen LogP contribution is 2.14. The highest BCUT2D eigenvalue weighted by Gasteiger charge is 2.13. The molecule has 0 saturated carbocycles. The van der Waals surface area contributed by atoms with Crippen LogP contribution in [0.15, 0.2) is 0 Å². The van der Waals surface area contributed by atoms with Crippen LogP contribution in [0.5, 0.6) is 0 Å². The molecule has 0 aromatic rings. The minimum Gasteiger partial charge on any atom is -0.316 e. The van der Waals surface area contributed by atoms with Crippen molar-refractivity contribution in [2.75, 3.05) is 33.2 Å². The van der Waals surface area contributed by atoms with Gasteiger partial charge in [-0.05, 0) is 57.8 Å². The Morgan fingerprint density at radius 3 is 2.79 bits per heavy atom. The third-order valence-corrected chi connectivity index (χ3v) is 2.99. The van der Waals surface area contributed by atoms with Crippen molar-refractivity contribution in [1.29, 1.82) is 0 Å². The summed E-state index contributed by atoms with van der Waals surface area (Å²) in [5.41, 5.74) is 0. The van der Waals surface area contributed by atoms with Gasteiger partial charge < -0.3 is 10.2 Å². The fraction of sp³-hybridized carbons (Fsp3) is 1.00. The van der Waals surface area contributed by atoms with Crippen LogP contribution in [0.25, 0.3) is 0 Å². The largest absolute Gasteiger partial charge is 0.316 e. The molecule has 1 N–H and O–H groups in total. The minimum absolute atomic E-state index is 0.796. The Kier molecular flexibility index (Phi) is 5.49. The molecule has 0 spiro atoms. The molecule has 84 valence electrons. The third-order valence-electron chi connectivity index (χ3n) is 2.99. The van der Waals surface area contributed by atoms with E-state index < -0.39 is 0 Å². The second kappa shape index (κ2) is 6.41. The van der Waals surface area contributed by atoms with Crippen LogP contribution in [0.2, 0.25) is 0 Å². The molecule has 1 fully saturated rings. The van der Waals surface area contributed by atoms with Crippen molar-refractivity contribution < 1.29 is 0 Å². The monoisotopic (exact) mass is 198 g/mol. The zero-order chi connectivity index (χ0) is 10.4. The van der Waals surface area contributed by atoms with Crippen LogP contribution in [0, 0.1) is 11.8 Å². The molecule has 2 heteroatoms. The average molecular weight is 198 g/mol. The Labute approximate surface area is 89.1 Å². The van der Waals surface area contributed by atoms with Gasteiger partial charge in [0.15, 0.2) is 0 Å². The van der Waals surface area contributed by atoms with E-state index in [1.54, 1.807) is 0 Å². The summed E-state index contributed by atoms with van der Waals surface area (Å²) in [5, 5.41) is 3.48. The zero-order valence-electron chi connectivity index (χ0n) is 10.1. The van der Waals surface area contributed by atoms with Crippen molar-refractivity contribution in [3.8, 4) is 0 Å². The average Bonchev–Trinajstić information content (AvgIpc) is 2.15. The van der Waals surface area contributed by atoms with Gasteiger partial charge >= 0.3 is 0 Å². The van der Waals surface area contributed by atoms with E-state index >= 15 is 0 Å². The predicted octanol–water partition coefficient (Wildman–Crippen LogP) is 1.96. The first-order valence-electron chi connectivity index (χ1n) is 6.07. The van der Waals surface area contributed by atoms with Gasteiger partial charge in [-0.3, -0.25) is 0 Å². The molecule has 2 nitrogen and oxygen atoms in total. The van der Waals surface area contributed by atoms with Crippen molar-refractivity contribution in [3.63, 3.8) is 0 Å². The van der Waals surface area contributed by atoms with Crippen LogP contribution < -0.4 is 5.32 Å². The quantitative estimate of drug-likeness (QED) is 0.726. The van der Waals surface area contributed by atoms with Crippen molar-refractivity contribution in [1.82, 2.24) is 10.2 Å². The fourth-order valence-electron chi connectivity index (χ4n) is 2.29. The molecule has 1 unspecified atom stereocenters. The third kappa shape index (κ3) is 4.97. The second-order valence-electron chi connectivity index (χ2n) is 5.16. The first-order chi connectivity index (χ1) is 6.68. The minimum atomic E-state index is 0.796. The standard InChI is InChI=1S/C12H26N2/c1-11(2)10-14(3)8-6-12-5-4-7-13-9-12/h11-13H,4-10H2,1-3H3. The fourth-order valence-corrected chi connectivity index (χ4v) is 2.29. The molecule has 0 aromatic heterocycles. The van der Waals surface area contributed by atoms with Gasteiger partial charge in [0.1, 0.15) is 0 Å². The number of piperidine rings is 1. The summed E-state index contributed by atoms with van der Waals surface area (Å²) in [4.78, 5) is 2.47. The molecule has 1 aliphatic rings. The Morgan fingerprint density at radius 1 is 1.43 bits per heavy atom.